The summed E-state index contributed by atoms with van der Waals surface area (Å²) in [7, 11) is 0. The van der Waals surface area contributed by atoms with E-state index in [1.54, 1.807) is 0 Å². The summed E-state index contributed by atoms with van der Waals surface area (Å²) in [5.41, 5.74) is 4.98. The number of rotatable bonds is 5. The molecule has 2 aromatic carbocycles. The molecule has 2 heterocycles. The third-order valence-electron chi connectivity index (χ3n) is 5.64. The molecule has 1 N–H and O–H groups in total. The highest BCUT2D eigenvalue weighted by Gasteiger charge is 2.25. The van der Waals surface area contributed by atoms with Crippen molar-refractivity contribution >= 4 is 28.5 Å². The van der Waals surface area contributed by atoms with Crippen LogP contribution < -0.4 is 5.32 Å². The molecule has 0 spiro atoms. The zero-order valence-electron chi connectivity index (χ0n) is 16.8. The van der Waals surface area contributed by atoms with Crippen molar-refractivity contribution in [1.29, 1.82) is 0 Å². The number of carbonyl (C=O) groups is 1. The Bertz CT molecular complexity index is 1050. The fourth-order valence-corrected chi connectivity index (χ4v) is 4.16. The number of nitrogens with one attached hydrogen (secondary N) is 1. The van der Waals surface area contributed by atoms with Crippen LogP contribution in [0.25, 0.3) is 11.0 Å². The molecule has 1 aromatic heterocycles. The zero-order valence-corrected chi connectivity index (χ0v) is 17.5. The van der Waals surface area contributed by atoms with Gasteiger partial charge in [-0.25, -0.2) is 9.97 Å². The fraction of sp³-hybridized carbons (Fsp3) is 0.348. The number of hydrogen-bond donors (Lipinski definition) is 1. The van der Waals surface area contributed by atoms with Gasteiger partial charge in [0.05, 0.1) is 28.5 Å². The van der Waals surface area contributed by atoms with Crippen molar-refractivity contribution in [3.05, 3.63) is 70.0 Å². The maximum absolute atomic E-state index is 12.9. The highest BCUT2D eigenvalue weighted by molar-refractivity contribution is 6.31. The van der Waals surface area contributed by atoms with E-state index in [4.69, 9.17) is 11.6 Å². The molecular weight excluding hydrogens is 384 g/mol. The second-order valence-corrected chi connectivity index (χ2v) is 8.00. The van der Waals surface area contributed by atoms with Gasteiger partial charge in [-0.3, -0.25) is 9.69 Å². The van der Waals surface area contributed by atoms with Gasteiger partial charge in [0.15, 0.2) is 0 Å². The molecule has 1 saturated heterocycles. The number of benzene rings is 2. The summed E-state index contributed by atoms with van der Waals surface area (Å²) in [5.74, 6) is -0.108. The maximum atomic E-state index is 12.9. The molecule has 4 rings (SSSR count). The predicted octanol–water partition coefficient (Wildman–Crippen LogP) is 4.47. The van der Waals surface area contributed by atoms with Crippen LogP contribution in [0.3, 0.4) is 0 Å². The van der Waals surface area contributed by atoms with Crippen LogP contribution in [0.2, 0.25) is 5.02 Å². The summed E-state index contributed by atoms with van der Waals surface area (Å²) in [4.78, 5) is 24.4. The highest BCUT2D eigenvalue weighted by atomic mass is 35.5. The SMILES string of the molecule is Cc1nc2ccc(C(=O)NC[C@H](c3ccccc3Cl)N3CCCC3)cc2nc1C. The molecule has 1 aliphatic heterocycles. The largest absolute Gasteiger partial charge is 0.350 e. The van der Waals surface area contributed by atoms with Crippen LogP contribution in [0.1, 0.15) is 46.2 Å². The van der Waals surface area contributed by atoms with Crippen LogP contribution in [-0.4, -0.2) is 40.4 Å². The van der Waals surface area contributed by atoms with E-state index >= 15 is 0 Å². The van der Waals surface area contributed by atoms with Gasteiger partial charge < -0.3 is 5.32 Å². The lowest BCUT2D eigenvalue weighted by Crippen LogP contribution is -2.37. The molecule has 0 unspecified atom stereocenters. The minimum atomic E-state index is -0.108. The van der Waals surface area contributed by atoms with Gasteiger partial charge in [0, 0.05) is 17.1 Å². The molecule has 3 aromatic rings. The lowest BCUT2D eigenvalue weighted by molar-refractivity contribution is 0.0938. The number of fused-ring (bicyclic) bond motifs is 1. The van der Waals surface area contributed by atoms with Gasteiger partial charge >= 0.3 is 0 Å². The van der Waals surface area contributed by atoms with E-state index in [2.05, 4.69) is 20.2 Å². The Kier molecular flexibility index (Phi) is 5.79. The lowest BCUT2D eigenvalue weighted by atomic mass is 10.0. The summed E-state index contributed by atoms with van der Waals surface area (Å²) in [6, 6.07) is 13.4. The Morgan fingerprint density at radius 3 is 2.48 bits per heavy atom. The van der Waals surface area contributed by atoms with Crippen molar-refractivity contribution < 1.29 is 4.79 Å². The Morgan fingerprint density at radius 1 is 1.07 bits per heavy atom. The molecule has 0 saturated carbocycles. The van der Waals surface area contributed by atoms with Gasteiger partial charge in [-0.05, 0) is 69.6 Å². The lowest BCUT2D eigenvalue weighted by Gasteiger charge is -2.29. The molecule has 0 radical (unpaired) electrons. The molecule has 1 atom stereocenters. The number of likely N-dealkylation sites (tertiary alicyclic amines) is 1. The van der Waals surface area contributed by atoms with Crippen molar-refractivity contribution in [3.8, 4) is 0 Å². The summed E-state index contributed by atoms with van der Waals surface area (Å²) in [5, 5.41) is 3.85. The van der Waals surface area contributed by atoms with Crippen molar-refractivity contribution in [2.75, 3.05) is 19.6 Å². The fourth-order valence-electron chi connectivity index (χ4n) is 3.90. The molecular formula is C23H25ClN4O. The third-order valence-corrected chi connectivity index (χ3v) is 5.98. The molecule has 1 fully saturated rings. The topological polar surface area (TPSA) is 58.1 Å². The van der Waals surface area contributed by atoms with Crippen LogP contribution in [0.5, 0.6) is 0 Å². The smallest absolute Gasteiger partial charge is 0.251 e. The van der Waals surface area contributed by atoms with Gasteiger partial charge in [0.25, 0.3) is 5.91 Å². The molecule has 29 heavy (non-hydrogen) atoms. The van der Waals surface area contributed by atoms with Crippen LogP contribution in [0, 0.1) is 13.8 Å². The van der Waals surface area contributed by atoms with E-state index in [9.17, 15) is 4.79 Å². The first-order valence-corrected chi connectivity index (χ1v) is 10.4. The molecule has 0 bridgehead atoms. The molecule has 0 aliphatic carbocycles. The van der Waals surface area contributed by atoms with Gasteiger partial charge in [0.1, 0.15) is 0 Å². The number of aromatic nitrogens is 2. The highest BCUT2D eigenvalue weighted by Crippen LogP contribution is 2.29. The predicted molar refractivity (Wildman–Crippen MR) is 116 cm³/mol. The van der Waals surface area contributed by atoms with E-state index in [-0.39, 0.29) is 11.9 Å². The number of aryl methyl sites for hydroxylation is 2. The minimum Gasteiger partial charge on any atom is -0.350 e. The first-order chi connectivity index (χ1) is 14.0. The Morgan fingerprint density at radius 2 is 1.76 bits per heavy atom. The number of hydrogen-bond acceptors (Lipinski definition) is 4. The Labute approximate surface area is 176 Å². The van der Waals surface area contributed by atoms with Crippen molar-refractivity contribution in [2.24, 2.45) is 0 Å². The van der Waals surface area contributed by atoms with Crippen LogP contribution in [0.15, 0.2) is 42.5 Å². The maximum Gasteiger partial charge on any atom is 0.251 e. The van der Waals surface area contributed by atoms with Crippen molar-refractivity contribution in [3.63, 3.8) is 0 Å². The Hall–Kier alpha value is -2.50. The zero-order chi connectivity index (χ0) is 20.4. The number of carbonyl (C=O) groups excluding carboxylic acids is 1. The molecule has 1 aliphatic rings. The average molecular weight is 409 g/mol. The summed E-state index contributed by atoms with van der Waals surface area (Å²) < 4.78 is 0. The minimum absolute atomic E-state index is 0.0697. The van der Waals surface area contributed by atoms with Crippen LogP contribution in [-0.2, 0) is 0 Å². The summed E-state index contributed by atoms with van der Waals surface area (Å²) in [6.07, 6.45) is 2.36. The van der Waals surface area contributed by atoms with E-state index in [0.717, 1.165) is 46.1 Å². The van der Waals surface area contributed by atoms with Gasteiger partial charge in [-0.15, -0.1) is 0 Å². The normalized spacial score (nSPS) is 15.6. The molecule has 150 valence electrons. The summed E-state index contributed by atoms with van der Waals surface area (Å²) >= 11 is 6.47. The Balaban J connectivity index is 1.54. The van der Waals surface area contributed by atoms with Crippen LogP contribution >= 0.6 is 11.6 Å². The second-order valence-electron chi connectivity index (χ2n) is 7.59. The molecule has 1 amide bonds. The van der Waals surface area contributed by atoms with Crippen molar-refractivity contribution in [2.45, 2.75) is 32.7 Å². The molecule has 6 heteroatoms. The van der Waals surface area contributed by atoms with Gasteiger partial charge in [0.2, 0.25) is 0 Å². The first kappa shape index (κ1) is 19.8. The van der Waals surface area contributed by atoms with Crippen molar-refractivity contribution in [1.82, 2.24) is 20.2 Å². The van der Waals surface area contributed by atoms with E-state index < -0.39 is 0 Å². The van der Waals surface area contributed by atoms with E-state index in [1.165, 1.54) is 12.8 Å². The van der Waals surface area contributed by atoms with Gasteiger partial charge in [-0.2, -0.15) is 0 Å². The summed E-state index contributed by atoms with van der Waals surface area (Å²) in [6.45, 7) is 6.43. The standard InChI is InChI=1S/C23H25ClN4O/c1-15-16(2)27-21-13-17(9-10-20(21)26-15)23(29)25-14-22(28-11-5-6-12-28)18-7-3-4-8-19(18)24/h3-4,7-10,13,22H,5-6,11-12,14H2,1-2H3,(H,25,29)/t22-/m1/s1. The monoisotopic (exact) mass is 408 g/mol. The first-order valence-electron chi connectivity index (χ1n) is 10.0. The van der Waals surface area contributed by atoms with Gasteiger partial charge in [-0.1, -0.05) is 29.8 Å². The second kappa shape index (κ2) is 8.47. The van der Waals surface area contributed by atoms with Crippen LogP contribution in [0.4, 0.5) is 0 Å². The van der Waals surface area contributed by atoms with E-state index in [1.807, 2.05) is 56.3 Å². The quantitative estimate of drug-likeness (QED) is 0.676. The number of amides is 1. The molecule has 5 nitrogen and oxygen atoms in total. The third kappa shape index (κ3) is 4.26. The number of nitrogens with zero attached hydrogens (tertiary/aromatic N) is 3. The van der Waals surface area contributed by atoms with E-state index in [0.29, 0.717) is 12.1 Å². The average Bonchev–Trinajstić information content (AvgIpc) is 3.24. The number of halogens is 1.